The van der Waals surface area contributed by atoms with Gasteiger partial charge >= 0.3 is 0 Å². The molecule has 0 atom stereocenters. The molecule has 0 saturated carbocycles. The van der Waals surface area contributed by atoms with Crippen LogP contribution in [0.15, 0.2) is 23.2 Å². The molecule has 0 amide bonds. The molecule has 18 heavy (non-hydrogen) atoms. The molecule has 4 N–H and O–H groups in total. The normalized spacial score (nSPS) is 11.2. The van der Waals surface area contributed by atoms with Gasteiger partial charge in [-0.3, -0.25) is 10.4 Å². The quantitative estimate of drug-likeness (QED) is 0.246. The van der Waals surface area contributed by atoms with E-state index in [4.69, 9.17) is 10.6 Å². The molecule has 100 valence electrons. The lowest BCUT2D eigenvalue weighted by Crippen LogP contribution is -2.36. The third-order valence-electron chi connectivity index (χ3n) is 2.33. The first-order chi connectivity index (χ1) is 8.71. The van der Waals surface area contributed by atoms with Gasteiger partial charge < -0.3 is 10.1 Å². The first kappa shape index (κ1) is 14.2. The van der Waals surface area contributed by atoms with Gasteiger partial charge in [0.1, 0.15) is 0 Å². The zero-order valence-electron chi connectivity index (χ0n) is 10.7. The minimum atomic E-state index is -0.438. The summed E-state index contributed by atoms with van der Waals surface area (Å²) in [7, 11) is 1.42. The fourth-order valence-electron chi connectivity index (χ4n) is 1.35. The number of nitrogens with one attached hydrogen (secondary N) is 2. The van der Waals surface area contributed by atoms with E-state index >= 15 is 0 Å². The molecule has 0 aromatic heterocycles. The Morgan fingerprint density at radius 3 is 2.83 bits per heavy atom. The molecule has 5 nitrogen and oxygen atoms in total. The van der Waals surface area contributed by atoms with Gasteiger partial charge in [-0.05, 0) is 18.6 Å². The van der Waals surface area contributed by atoms with Crippen LogP contribution in [0.3, 0.4) is 0 Å². The zero-order valence-corrected chi connectivity index (χ0v) is 10.7. The number of rotatable bonds is 5. The number of aliphatic imine (C=N–C) groups is 1. The second-order valence-corrected chi connectivity index (χ2v) is 3.70. The second kappa shape index (κ2) is 7.50. The lowest BCUT2D eigenvalue weighted by atomic mass is 10.3. The van der Waals surface area contributed by atoms with Crippen LogP contribution < -0.4 is 21.3 Å². The maximum atomic E-state index is 13.5. The molecule has 0 saturated heterocycles. The van der Waals surface area contributed by atoms with Crippen LogP contribution in [0.1, 0.15) is 19.8 Å². The number of anilines is 1. The lowest BCUT2D eigenvalue weighted by Gasteiger charge is -2.10. The van der Waals surface area contributed by atoms with Crippen LogP contribution in [0, 0.1) is 5.82 Å². The monoisotopic (exact) mass is 254 g/mol. The highest BCUT2D eigenvalue weighted by Gasteiger charge is 2.04. The summed E-state index contributed by atoms with van der Waals surface area (Å²) in [6.07, 6.45) is 2.03. The van der Waals surface area contributed by atoms with Crippen LogP contribution in [0.4, 0.5) is 10.1 Å². The Morgan fingerprint density at radius 2 is 2.28 bits per heavy atom. The molecule has 0 bridgehead atoms. The summed E-state index contributed by atoms with van der Waals surface area (Å²) in [6, 6.07) is 4.55. The Labute approximate surface area is 106 Å². The number of ether oxygens (including phenoxy) is 1. The van der Waals surface area contributed by atoms with Crippen molar-refractivity contribution >= 4 is 11.6 Å². The van der Waals surface area contributed by atoms with Crippen LogP contribution in [0.25, 0.3) is 0 Å². The summed E-state index contributed by atoms with van der Waals surface area (Å²) >= 11 is 0. The number of methoxy groups -OCH3 is 1. The van der Waals surface area contributed by atoms with Gasteiger partial charge in [0.2, 0.25) is 5.96 Å². The molecule has 1 aromatic rings. The van der Waals surface area contributed by atoms with Crippen molar-refractivity contribution in [2.75, 3.05) is 19.0 Å². The first-order valence-electron chi connectivity index (χ1n) is 5.83. The van der Waals surface area contributed by atoms with Crippen molar-refractivity contribution in [3.8, 4) is 5.75 Å². The fourth-order valence-corrected chi connectivity index (χ4v) is 1.35. The van der Waals surface area contributed by atoms with Crippen molar-refractivity contribution in [3.05, 3.63) is 24.0 Å². The number of nitrogens with zero attached hydrogens (tertiary/aromatic N) is 1. The maximum Gasteiger partial charge on any atom is 0.210 e. The Balaban J connectivity index is 2.70. The highest BCUT2D eigenvalue weighted by molar-refractivity contribution is 5.93. The van der Waals surface area contributed by atoms with Crippen molar-refractivity contribution in [1.82, 2.24) is 5.43 Å². The van der Waals surface area contributed by atoms with Gasteiger partial charge in [0.05, 0.1) is 7.11 Å². The number of benzene rings is 1. The zero-order chi connectivity index (χ0) is 13.4. The number of nitrogens with two attached hydrogens (primary N) is 1. The molecular weight excluding hydrogens is 235 g/mol. The average Bonchev–Trinajstić information content (AvgIpc) is 2.38. The summed E-state index contributed by atoms with van der Waals surface area (Å²) in [6.45, 7) is 2.75. The van der Waals surface area contributed by atoms with Crippen molar-refractivity contribution in [2.45, 2.75) is 19.8 Å². The predicted octanol–water partition coefficient (Wildman–Crippen LogP) is 1.87. The molecule has 0 spiro atoms. The number of hydrogen-bond donors (Lipinski definition) is 3. The van der Waals surface area contributed by atoms with Crippen molar-refractivity contribution in [3.63, 3.8) is 0 Å². The topological polar surface area (TPSA) is 71.7 Å². The third-order valence-corrected chi connectivity index (χ3v) is 2.33. The number of hydrazine groups is 1. The molecule has 1 aromatic carbocycles. The molecule has 0 radical (unpaired) electrons. The van der Waals surface area contributed by atoms with E-state index in [1.54, 1.807) is 6.07 Å². The van der Waals surface area contributed by atoms with Gasteiger partial charge in [0.25, 0.3) is 0 Å². The van der Waals surface area contributed by atoms with E-state index in [1.165, 1.54) is 19.2 Å². The highest BCUT2D eigenvalue weighted by atomic mass is 19.1. The van der Waals surface area contributed by atoms with Crippen molar-refractivity contribution in [2.24, 2.45) is 10.8 Å². The summed E-state index contributed by atoms with van der Waals surface area (Å²) < 4.78 is 18.3. The molecule has 6 heteroatoms. The SMILES string of the molecule is CCCCN=C(NN)Nc1ccc(OC)c(F)c1. The van der Waals surface area contributed by atoms with Crippen molar-refractivity contribution in [1.29, 1.82) is 0 Å². The predicted molar refractivity (Wildman–Crippen MR) is 71.1 cm³/mol. The van der Waals surface area contributed by atoms with Gasteiger partial charge in [0, 0.05) is 18.3 Å². The van der Waals surface area contributed by atoms with Crippen LogP contribution >= 0.6 is 0 Å². The fraction of sp³-hybridized carbons (Fsp3) is 0.417. The van der Waals surface area contributed by atoms with E-state index in [0.29, 0.717) is 18.2 Å². The molecule has 0 aliphatic heterocycles. The Bertz CT molecular complexity index is 409. The second-order valence-electron chi connectivity index (χ2n) is 3.70. The Morgan fingerprint density at radius 1 is 1.50 bits per heavy atom. The van der Waals surface area contributed by atoms with E-state index in [-0.39, 0.29) is 5.75 Å². The van der Waals surface area contributed by atoms with E-state index in [0.717, 1.165) is 12.8 Å². The minimum Gasteiger partial charge on any atom is -0.494 e. The molecule has 0 aliphatic rings. The first-order valence-corrected chi connectivity index (χ1v) is 5.83. The molecule has 1 rings (SSSR count). The summed E-state index contributed by atoms with van der Waals surface area (Å²) in [5.74, 6) is 5.51. The van der Waals surface area contributed by atoms with E-state index in [9.17, 15) is 4.39 Å². The van der Waals surface area contributed by atoms with Gasteiger partial charge in [-0.1, -0.05) is 13.3 Å². The average molecular weight is 254 g/mol. The number of unbranched alkanes of at least 4 members (excludes halogenated alkanes) is 1. The van der Waals surface area contributed by atoms with Gasteiger partial charge in [-0.15, -0.1) is 0 Å². The summed E-state index contributed by atoms with van der Waals surface area (Å²) in [5, 5.41) is 2.90. The van der Waals surface area contributed by atoms with Crippen LogP contribution in [-0.4, -0.2) is 19.6 Å². The smallest absolute Gasteiger partial charge is 0.210 e. The van der Waals surface area contributed by atoms with Crippen LogP contribution in [0.5, 0.6) is 5.75 Å². The minimum absolute atomic E-state index is 0.200. The Kier molecular flexibility index (Phi) is 5.93. The van der Waals surface area contributed by atoms with Crippen molar-refractivity contribution < 1.29 is 9.13 Å². The molecule has 0 fully saturated rings. The number of hydrogen-bond acceptors (Lipinski definition) is 3. The van der Waals surface area contributed by atoms with Crippen LogP contribution in [0.2, 0.25) is 0 Å². The van der Waals surface area contributed by atoms with Gasteiger partial charge in [-0.25, -0.2) is 10.2 Å². The summed E-state index contributed by atoms with van der Waals surface area (Å²) in [4.78, 5) is 4.22. The van der Waals surface area contributed by atoms with Gasteiger partial charge in [-0.2, -0.15) is 0 Å². The molecular formula is C12H19FN4O. The third kappa shape index (κ3) is 4.21. The number of guanidine groups is 1. The lowest BCUT2D eigenvalue weighted by molar-refractivity contribution is 0.386. The summed E-state index contributed by atoms with van der Waals surface area (Å²) in [5.41, 5.74) is 3.00. The maximum absolute atomic E-state index is 13.5. The van der Waals surface area contributed by atoms with Crippen LogP contribution in [-0.2, 0) is 0 Å². The standard InChI is InChI=1S/C12H19FN4O/c1-3-4-7-15-12(17-14)16-9-5-6-11(18-2)10(13)8-9/h5-6,8H,3-4,7,14H2,1-2H3,(H2,15,16,17). The molecule has 0 unspecified atom stereocenters. The molecule has 0 heterocycles. The van der Waals surface area contributed by atoms with E-state index in [2.05, 4.69) is 22.7 Å². The number of halogens is 1. The van der Waals surface area contributed by atoms with E-state index < -0.39 is 5.82 Å². The van der Waals surface area contributed by atoms with E-state index in [1.807, 2.05) is 0 Å². The highest BCUT2D eigenvalue weighted by Crippen LogP contribution is 2.20. The largest absolute Gasteiger partial charge is 0.494 e. The Hall–Kier alpha value is -1.82. The van der Waals surface area contributed by atoms with Gasteiger partial charge in [0.15, 0.2) is 11.6 Å². The molecule has 0 aliphatic carbocycles.